The zero-order valence-electron chi connectivity index (χ0n) is 9.93. The van der Waals surface area contributed by atoms with Crippen LogP contribution in [0.3, 0.4) is 0 Å². The molecule has 17 heavy (non-hydrogen) atoms. The van der Waals surface area contributed by atoms with E-state index >= 15 is 0 Å². The molecule has 0 saturated carbocycles. The van der Waals surface area contributed by atoms with Gasteiger partial charge in [0, 0.05) is 18.8 Å². The van der Waals surface area contributed by atoms with Crippen molar-refractivity contribution in [2.75, 3.05) is 6.61 Å². The Morgan fingerprint density at radius 3 is 2.94 bits per heavy atom. The maximum absolute atomic E-state index is 12.0. The Labute approximate surface area is 101 Å². The van der Waals surface area contributed by atoms with Crippen LogP contribution in [0.2, 0.25) is 0 Å². The SMILES string of the molecule is CC1(C)CC(NS(=O)(=O)c2cn[nH]c2)CCO1. The highest BCUT2D eigenvalue weighted by Gasteiger charge is 2.31. The quantitative estimate of drug-likeness (QED) is 0.834. The highest BCUT2D eigenvalue weighted by atomic mass is 32.2. The highest BCUT2D eigenvalue weighted by molar-refractivity contribution is 7.89. The first-order valence-corrected chi connectivity index (χ1v) is 7.02. The fourth-order valence-corrected chi connectivity index (χ4v) is 3.18. The van der Waals surface area contributed by atoms with E-state index in [-0.39, 0.29) is 16.5 Å². The normalized spacial score (nSPS) is 24.7. The largest absolute Gasteiger partial charge is 0.375 e. The number of sulfonamides is 1. The predicted molar refractivity (Wildman–Crippen MR) is 62.0 cm³/mol. The van der Waals surface area contributed by atoms with Gasteiger partial charge >= 0.3 is 0 Å². The fraction of sp³-hybridized carbons (Fsp3) is 0.700. The lowest BCUT2D eigenvalue weighted by atomic mass is 9.95. The Balaban J connectivity index is 2.06. The average molecular weight is 259 g/mol. The first kappa shape index (κ1) is 12.5. The van der Waals surface area contributed by atoms with E-state index in [0.29, 0.717) is 19.4 Å². The Morgan fingerprint density at radius 2 is 2.35 bits per heavy atom. The van der Waals surface area contributed by atoms with E-state index in [2.05, 4.69) is 14.9 Å². The van der Waals surface area contributed by atoms with Crippen molar-refractivity contribution < 1.29 is 13.2 Å². The van der Waals surface area contributed by atoms with E-state index in [9.17, 15) is 8.42 Å². The van der Waals surface area contributed by atoms with Crippen LogP contribution >= 0.6 is 0 Å². The molecule has 0 aliphatic carbocycles. The molecule has 1 aliphatic rings. The van der Waals surface area contributed by atoms with Crippen LogP contribution in [-0.4, -0.2) is 36.9 Å². The number of ether oxygens (including phenoxy) is 1. The molecule has 1 aromatic heterocycles. The van der Waals surface area contributed by atoms with E-state index in [1.54, 1.807) is 0 Å². The van der Waals surface area contributed by atoms with Crippen LogP contribution < -0.4 is 4.72 Å². The first-order chi connectivity index (χ1) is 7.89. The molecule has 2 N–H and O–H groups in total. The predicted octanol–water partition coefficient (Wildman–Crippen LogP) is 0.646. The lowest BCUT2D eigenvalue weighted by Crippen LogP contribution is -2.45. The molecule has 1 saturated heterocycles. The number of aromatic nitrogens is 2. The summed E-state index contributed by atoms with van der Waals surface area (Å²) in [4.78, 5) is 0.168. The number of nitrogens with zero attached hydrogens (tertiary/aromatic N) is 1. The molecule has 1 aromatic rings. The van der Waals surface area contributed by atoms with Gasteiger partial charge in [-0.2, -0.15) is 5.10 Å². The molecular formula is C10H17N3O3S. The van der Waals surface area contributed by atoms with Crippen molar-refractivity contribution in [3.8, 4) is 0 Å². The fourth-order valence-electron chi connectivity index (χ4n) is 2.01. The zero-order valence-corrected chi connectivity index (χ0v) is 10.8. The third kappa shape index (κ3) is 3.05. The van der Waals surface area contributed by atoms with Crippen LogP contribution in [0, 0.1) is 0 Å². The summed E-state index contributed by atoms with van der Waals surface area (Å²) in [6, 6.07) is -0.0846. The van der Waals surface area contributed by atoms with Crippen molar-refractivity contribution in [1.82, 2.24) is 14.9 Å². The molecule has 0 radical (unpaired) electrons. The summed E-state index contributed by atoms with van der Waals surface area (Å²) >= 11 is 0. The van der Waals surface area contributed by atoms with Gasteiger partial charge in [0.1, 0.15) is 4.90 Å². The minimum atomic E-state index is -3.47. The lowest BCUT2D eigenvalue weighted by molar-refractivity contribution is -0.0599. The van der Waals surface area contributed by atoms with E-state index in [4.69, 9.17) is 4.74 Å². The topological polar surface area (TPSA) is 84.1 Å². The summed E-state index contributed by atoms with van der Waals surface area (Å²) in [5, 5.41) is 6.14. The van der Waals surface area contributed by atoms with Crippen molar-refractivity contribution in [3.05, 3.63) is 12.4 Å². The summed E-state index contributed by atoms with van der Waals surface area (Å²) in [6.07, 6.45) is 4.03. The Morgan fingerprint density at radius 1 is 1.59 bits per heavy atom. The van der Waals surface area contributed by atoms with Gasteiger partial charge in [0.25, 0.3) is 0 Å². The lowest BCUT2D eigenvalue weighted by Gasteiger charge is -2.35. The maximum atomic E-state index is 12.0. The third-order valence-electron chi connectivity index (χ3n) is 2.80. The van der Waals surface area contributed by atoms with Crippen LogP contribution in [0.25, 0.3) is 0 Å². The summed E-state index contributed by atoms with van der Waals surface area (Å²) in [5.41, 5.74) is -0.276. The van der Waals surface area contributed by atoms with Crippen LogP contribution in [-0.2, 0) is 14.8 Å². The van der Waals surface area contributed by atoms with Crippen molar-refractivity contribution in [3.63, 3.8) is 0 Å². The Bertz CT molecular complexity index is 467. The average Bonchev–Trinajstić information content (AvgIpc) is 2.67. The molecule has 0 amide bonds. The van der Waals surface area contributed by atoms with Gasteiger partial charge in [0.2, 0.25) is 10.0 Å². The third-order valence-corrected chi connectivity index (χ3v) is 4.29. The summed E-state index contributed by atoms with van der Waals surface area (Å²) in [7, 11) is -3.47. The molecule has 1 unspecified atom stereocenters. The second-order valence-electron chi connectivity index (χ2n) is 4.85. The van der Waals surface area contributed by atoms with Crippen molar-refractivity contribution in [2.45, 2.75) is 43.2 Å². The van der Waals surface area contributed by atoms with Crippen LogP contribution in [0.1, 0.15) is 26.7 Å². The van der Waals surface area contributed by atoms with Crippen LogP contribution in [0.15, 0.2) is 17.3 Å². The molecule has 1 atom stereocenters. The minimum Gasteiger partial charge on any atom is -0.375 e. The van der Waals surface area contributed by atoms with Crippen LogP contribution in [0.4, 0.5) is 0 Å². The van der Waals surface area contributed by atoms with Crippen molar-refractivity contribution in [2.24, 2.45) is 0 Å². The summed E-state index contributed by atoms with van der Waals surface area (Å²) in [6.45, 7) is 4.50. The molecule has 0 spiro atoms. The number of hydrogen-bond donors (Lipinski definition) is 2. The van der Waals surface area contributed by atoms with Gasteiger partial charge in [0.05, 0.1) is 11.8 Å². The molecular weight excluding hydrogens is 242 g/mol. The van der Waals surface area contributed by atoms with Gasteiger partial charge in [-0.05, 0) is 26.7 Å². The molecule has 7 heteroatoms. The molecule has 6 nitrogen and oxygen atoms in total. The minimum absolute atomic E-state index is 0.0846. The monoisotopic (exact) mass is 259 g/mol. The second kappa shape index (κ2) is 4.40. The van der Waals surface area contributed by atoms with E-state index in [1.807, 2.05) is 13.8 Å². The van der Waals surface area contributed by atoms with Gasteiger partial charge in [-0.15, -0.1) is 0 Å². The van der Waals surface area contributed by atoms with Gasteiger partial charge in [-0.25, -0.2) is 13.1 Å². The van der Waals surface area contributed by atoms with Gasteiger partial charge in [-0.1, -0.05) is 0 Å². The van der Waals surface area contributed by atoms with Crippen molar-refractivity contribution in [1.29, 1.82) is 0 Å². The van der Waals surface area contributed by atoms with Crippen LogP contribution in [0.5, 0.6) is 0 Å². The Hall–Kier alpha value is -0.920. The second-order valence-corrected chi connectivity index (χ2v) is 6.57. The van der Waals surface area contributed by atoms with Crippen molar-refractivity contribution >= 4 is 10.0 Å². The summed E-state index contributed by atoms with van der Waals surface area (Å²) < 4.78 is 32.2. The number of aromatic amines is 1. The molecule has 96 valence electrons. The molecule has 1 fully saturated rings. The zero-order chi connectivity index (χ0) is 12.5. The smallest absolute Gasteiger partial charge is 0.243 e. The number of hydrogen-bond acceptors (Lipinski definition) is 4. The maximum Gasteiger partial charge on any atom is 0.243 e. The molecule has 2 rings (SSSR count). The first-order valence-electron chi connectivity index (χ1n) is 5.54. The standard InChI is InChI=1S/C10H17N3O3S/c1-10(2)5-8(3-4-16-10)13-17(14,15)9-6-11-12-7-9/h6-8,13H,3-5H2,1-2H3,(H,11,12). The van der Waals surface area contributed by atoms with E-state index in [1.165, 1.54) is 12.4 Å². The van der Waals surface area contributed by atoms with Gasteiger partial charge in [0.15, 0.2) is 0 Å². The molecule has 0 aromatic carbocycles. The van der Waals surface area contributed by atoms with E-state index in [0.717, 1.165) is 0 Å². The van der Waals surface area contributed by atoms with Gasteiger partial charge in [-0.3, -0.25) is 5.10 Å². The molecule has 0 bridgehead atoms. The number of nitrogens with one attached hydrogen (secondary N) is 2. The highest BCUT2D eigenvalue weighted by Crippen LogP contribution is 2.24. The van der Waals surface area contributed by atoms with E-state index < -0.39 is 10.0 Å². The Kier molecular flexibility index (Phi) is 3.24. The number of H-pyrrole nitrogens is 1. The molecule has 1 aliphatic heterocycles. The number of rotatable bonds is 3. The molecule has 2 heterocycles. The summed E-state index contributed by atoms with van der Waals surface area (Å²) in [5.74, 6) is 0. The van der Waals surface area contributed by atoms with Gasteiger partial charge < -0.3 is 4.74 Å².